The number of anilines is 1. The van der Waals surface area contributed by atoms with E-state index < -0.39 is 26.1 Å². The van der Waals surface area contributed by atoms with Gasteiger partial charge in [-0.2, -0.15) is 0 Å². The molecule has 0 unspecified atom stereocenters. The molecule has 1 aliphatic rings. The Balaban J connectivity index is 1.69. The minimum Gasteiger partial charge on any atom is -0.534 e. The van der Waals surface area contributed by atoms with Gasteiger partial charge >= 0.3 is 14.4 Å². The molecule has 1 saturated heterocycles. The summed E-state index contributed by atoms with van der Waals surface area (Å²) < 4.78 is 13.3. The van der Waals surface area contributed by atoms with Crippen molar-refractivity contribution in [3.05, 3.63) is 83.3 Å². The van der Waals surface area contributed by atoms with E-state index >= 15 is 0 Å². The summed E-state index contributed by atoms with van der Waals surface area (Å²) in [6, 6.07) is 26.0. The number of ether oxygens (including phenoxy) is 1. The lowest BCUT2D eigenvalue weighted by Gasteiger charge is -2.43. The van der Waals surface area contributed by atoms with E-state index in [0.717, 1.165) is 4.47 Å². The van der Waals surface area contributed by atoms with Crippen LogP contribution in [0.3, 0.4) is 0 Å². The van der Waals surface area contributed by atoms with E-state index in [0.29, 0.717) is 24.4 Å². The Morgan fingerprint density at radius 2 is 1.49 bits per heavy atom. The maximum Gasteiger partial charge on any atom is 0.408 e. The standard InChI is InChI=1S/C31H37BrN2O4Si/c1-30(2,3)37-29(36)33-26-19-20-34(28(26)35)27-21-22(17-18-25(27)32)38-39(31(4,5)6,23-13-9-7-10-14-23)24-15-11-8-12-16-24/h7-18,21,26H,19-20H2,1-6H3,(H,33,36)/t26-/m1/s1. The molecule has 1 atom stereocenters. The van der Waals surface area contributed by atoms with Crippen LogP contribution in [0.2, 0.25) is 5.04 Å². The summed E-state index contributed by atoms with van der Waals surface area (Å²) in [7, 11) is -2.84. The molecule has 1 aliphatic heterocycles. The highest BCUT2D eigenvalue weighted by molar-refractivity contribution is 9.10. The van der Waals surface area contributed by atoms with Crippen LogP contribution in [0.1, 0.15) is 48.0 Å². The zero-order chi connectivity index (χ0) is 28.4. The van der Waals surface area contributed by atoms with Gasteiger partial charge in [0.05, 0.1) is 5.69 Å². The minimum absolute atomic E-state index is 0.177. The van der Waals surface area contributed by atoms with Crippen molar-refractivity contribution < 1.29 is 18.8 Å². The predicted octanol–water partition coefficient (Wildman–Crippen LogP) is 6.02. The number of halogens is 1. The number of hydrogen-bond acceptors (Lipinski definition) is 4. The molecule has 206 valence electrons. The molecular formula is C31H37BrN2O4Si. The molecule has 0 aromatic heterocycles. The fourth-order valence-electron chi connectivity index (χ4n) is 5.09. The first kappa shape index (κ1) is 28.9. The van der Waals surface area contributed by atoms with Gasteiger partial charge in [0.15, 0.2) is 0 Å². The van der Waals surface area contributed by atoms with Crippen LogP contribution in [-0.2, 0) is 9.53 Å². The first-order valence-electron chi connectivity index (χ1n) is 13.2. The van der Waals surface area contributed by atoms with Gasteiger partial charge in [-0.05, 0) is 70.7 Å². The zero-order valence-electron chi connectivity index (χ0n) is 23.5. The summed E-state index contributed by atoms with van der Waals surface area (Å²) in [5.41, 5.74) is 0.0741. The lowest BCUT2D eigenvalue weighted by Crippen LogP contribution is -2.68. The van der Waals surface area contributed by atoms with E-state index in [1.54, 1.807) is 25.7 Å². The maximum atomic E-state index is 13.4. The van der Waals surface area contributed by atoms with Gasteiger partial charge in [-0.1, -0.05) is 81.4 Å². The topological polar surface area (TPSA) is 67.9 Å². The van der Waals surface area contributed by atoms with E-state index in [1.807, 2.05) is 30.3 Å². The molecule has 3 aromatic rings. The molecule has 1 heterocycles. The van der Waals surface area contributed by atoms with E-state index in [4.69, 9.17) is 9.16 Å². The third-order valence-corrected chi connectivity index (χ3v) is 12.4. The average molecular weight is 610 g/mol. The molecule has 8 heteroatoms. The SMILES string of the molecule is CC(C)(C)OC(=O)N[C@@H]1CCN(c2cc(O[Si](c3ccccc3)(c3ccccc3)C(C)(C)C)ccc2Br)C1=O. The van der Waals surface area contributed by atoms with Gasteiger partial charge in [-0.15, -0.1) is 0 Å². The van der Waals surface area contributed by atoms with Crippen LogP contribution >= 0.6 is 15.9 Å². The normalized spacial score (nSPS) is 16.2. The van der Waals surface area contributed by atoms with Crippen molar-refractivity contribution in [2.24, 2.45) is 0 Å². The van der Waals surface area contributed by atoms with Crippen molar-refractivity contribution in [3.63, 3.8) is 0 Å². The molecule has 1 N–H and O–H groups in total. The van der Waals surface area contributed by atoms with Crippen molar-refractivity contribution >= 4 is 52.3 Å². The highest BCUT2D eigenvalue weighted by Crippen LogP contribution is 2.40. The lowest BCUT2D eigenvalue weighted by molar-refractivity contribution is -0.118. The monoisotopic (exact) mass is 608 g/mol. The Morgan fingerprint density at radius 1 is 0.923 bits per heavy atom. The van der Waals surface area contributed by atoms with E-state index in [-0.39, 0.29) is 10.9 Å². The smallest absolute Gasteiger partial charge is 0.408 e. The summed E-state index contributed by atoms with van der Waals surface area (Å²) in [6.45, 7) is 12.6. The molecular weight excluding hydrogens is 572 g/mol. The second-order valence-electron chi connectivity index (χ2n) is 11.9. The van der Waals surface area contributed by atoms with Crippen LogP contribution in [0.4, 0.5) is 10.5 Å². The Kier molecular flexibility index (Phi) is 8.28. The second-order valence-corrected chi connectivity index (χ2v) is 16.9. The number of hydrogen-bond donors (Lipinski definition) is 1. The van der Waals surface area contributed by atoms with E-state index in [1.165, 1.54) is 10.4 Å². The zero-order valence-corrected chi connectivity index (χ0v) is 26.0. The van der Waals surface area contributed by atoms with Crippen molar-refractivity contribution in [1.82, 2.24) is 5.32 Å². The van der Waals surface area contributed by atoms with Crippen LogP contribution in [0.15, 0.2) is 83.3 Å². The summed E-state index contributed by atoms with van der Waals surface area (Å²) in [5.74, 6) is 0.517. The van der Waals surface area contributed by atoms with E-state index in [2.05, 4.69) is 90.5 Å². The minimum atomic E-state index is -2.84. The average Bonchev–Trinajstić information content (AvgIpc) is 3.22. The van der Waals surface area contributed by atoms with Crippen molar-refractivity contribution in [2.75, 3.05) is 11.4 Å². The van der Waals surface area contributed by atoms with Crippen molar-refractivity contribution in [2.45, 2.75) is 64.6 Å². The molecule has 0 aliphatic carbocycles. The molecule has 6 nitrogen and oxygen atoms in total. The largest absolute Gasteiger partial charge is 0.534 e. The van der Waals surface area contributed by atoms with Crippen molar-refractivity contribution in [3.8, 4) is 5.75 Å². The number of alkyl carbamates (subject to hydrolysis) is 1. The quantitative estimate of drug-likeness (QED) is 0.348. The number of benzene rings is 3. The number of amides is 2. The molecule has 3 aromatic carbocycles. The third-order valence-electron chi connectivity index (χ3n) is 6.79. The van der Waals surface area contributed by atoms with Gasteiger partial charge in [-0.3, -0.25) is 4.79 Å². The molecule has 4 rings (SSSR count). The third kappa shape index (κ3) is 6.22. The van der Waals surface area contributed by atoms with Gasteiger partial charge in [0.1, 0.15) is 17.4 Å². The van der Waals surface area contributed by atoms with Crippen LogP contribution < -0.4 is 25.0 Å². The van der Waals surface area contributed by atoms with Crippen LogP contribution in [0.5, 0.6) is 5.75 Å². The Morgan fingerprint density at radius 3 is 2.00 bits per heavy atom. The van der Waals surface area contributed by atoms with Gasteiger partial charge < -0.3 is 19.4 Å². The van der Waals surface area contributed by atoms with Crippen LogP contribution in [0, 0.1) is 0 Å². The molecule has 0 saturated carbocycles. The predicted molar refractivity (Wildman–Crippen MR) is 163 cm³/mol. The summed E-state index contributed by atoms with van der Waals surface area (Å²) in [4.78, 5) is 27.4. The molecule has 1 fully saturated rings. The molecule has 39 heavy (non-hydrogen) atoms. The van der Waals surface area contributed by atoms with Crippen LogP contribution in [-0.4, -0.2) is 38.5 Å². The number of rotatable bonds is 6. The number of nitrogens with zero attached hydrogens (tertiary/aromatic N) is 1. The van der Waals surface area contributed by atoms with Crippen LogP contribution in [0.25, 0.3) is 0 Å². The molecule has 0 spiro atoms. The highest BCUT2D eigenvalue weighted by atomic mass is 79.9. The fourth-order valence-corrected chi connectivity index (χ4v) is 9.96. The van der Waals surface area contributed by atoms with Gasteiger partial charge in [0.2, 0.25) is 5.91 Å². The molecule has 0 bridgehead atoms. The Hall–Kier alpha value is -3.10. The Labute approximate surface area is 241 Å². The Bertz CT molecular complexity index is 1280. The number of carbonyl (C=O) groups is 2. The van der Waals surface area contributed by atoms with Crippen molar-refractivity contribution in [1.29, 1.82) is 0 Å². The highest BCUT2D eigenvalue weighted by Gasteiger charge is 2.52. The first-order chi connectivity index (χ1) is 18.3. The summed E-state index contributed by atoms with van der Waals surface area (Å²) in [5, 5.41) is 4.87. The van der Waals surface area contributed by atoms with E-state index in [9.17, 15) is 9.59 Å². The fraction of sp³-hybridized carbons (Fsp3) is 0.355. The van der Waals surface area contributed by atoms with Gasteiger partial charge in [0.25, 0.3) is 0 Å². The molecule has 0 radical (unpaired) electrons. The number of nitrogens with one attached hydrogen (secondary N) is 1. The summed E-state index contributed by atoms with van der Waals surface area (Å²) >= 11 is 3.64. The maximum absolute atomic E-state index is 13.4. The van der Waals surface area contributed by atoms with Gasteiger partial charge in [0, 0.05) is 17.1 Å². The number of carbonyl (C=O) groups excluding carboxylic acids is 2. The summed E-state index contributed by atoms with van der Waals surface area (Å²) in [6.07, 6.45) is -0.102. The lowest BCUT2D eigenvalue weighted by atomic mass is 10.2. The van der Waals surface area contributed by atoms with Gasteiger partial charge in [-0.25, -0.2) is 4.79 Å². The first-order valence-corrected chi connectivity index (χ1v) is 15.9. The second kappa shape index (κ2) is 11.2. The molecule has 2 amide bonds.